The van der Waals surface area contributed by atoms with E-state index in [1.165, 1.54) is 10.9 Å². The number of hydrogen-bond acceptors (Lipinski definition) is 8. The largest absolute Gasteiger partial charge is 0.394 e. The molecule has 9 nitrogen and oxygen atoms in total. The molecule has 0 radical (unpaired) electrons. The minimum Gasteiger partial charge on any atom is -0.394 e. The molecule has 0 amide bonds. The number of aromatic nitrogens is 4. The monoisotopic (exact) mass is 285 g/mol. The van der Waals surface area contributed by atoms with Gasteiger partial charge in [-0.3, -0.25) is 4.57 Å². The average molecular weight is 285 g/mol. The second-order valence-corrected chi connectivity index (χ2v) is 4.43. The summed E-state index contributed by atoms with van der Waals surface area (Å²) in [5.41, 5.74) is 5.71. The molecule has 0 aliphatic carbocycles. The van der Waals surface area contributed by atoms with Crippen molar-refractivity contribution in [3.8, 4) is 0 Å². The maximum absolute atomic E-state index is 13.2. The number of ether oxygens (including phenoxy) is 1. The van der Waals surface area contributed by atoms with Gasteiger partial charge in [-0.1, -0.05) is 0 Å². The second-order valence-electron chi connectivity index (χ2n) is 4.43. The zero-order valence-corrected chi connectivity index (χ0v) is 10.1. The lowest BCUT2D eigenvalue weighted by Crippen LogP contribution is -2.33. The van der Waals surface area contributed by atoms with Gasteiger partial charge in [-0.25, -0.2) is 4.98 Å². The van der Waals surface area contributed by atoms with E-state index in [1.54, 1.807) is 0 Å². The van der Waals surface area contributed by atoms with E-state index in [4.69, 9.17) is 15.6 Å². The third-order valence-corrected chi connectivity index (χ3v) is 3.21. The van der Waals surface area contributed by atoms with Crippen LogP contribution in [0.25, 0.3) is 11.2 Å². The van der Waals surface area contributed by atoms with Crippen LogP contribution in [0.15, 0.2) is 6.33 Å². The Morgan fingerprint density at radius 3 is 2.75 bits per heavy atom. The number of anilines is 1. The number of nitrogens with zero attached hydrogens (tertiary/aromatic N) is 4. The molecule has 0 unspecified atom stereocenters. The van der Waals surface area contributed by atoms with Gasteiger partial charge in [0.15, 0.2) is 23.2 Å². The number of aliphatic hydroxyl groups is 3. The van der Waals surface area contributed by atoms with Crippen molar-refractivity contribution in [2.45, 2.75) is 24.5 Å². The topological polar surface area (TPSA) is 140 Å². The van der Waals surface area contributed by atoms with Gasteiger partial charge in [-0.05, 0) is 0 Å². The Hall–Kier alpha value is -1.88. The molecule has 3 heterocycles. The van der Waals surface area contributed by atoms with Gasteiger partial charge in [0.1, 0.15) is 18.3 Å². The maximum atomic E-state index is 13.2. The van der Waals surface area contributed by atoms with Gasteiger partial charge in [0.2, 0.25) is 0 Å². The van der Waals surface area contributed by atoms with Gasteiger partial charge in [0.25, 0.3) is 0 Å². The van der Waals surface area contributed by atoms with Crippen LogP contribution < -0.4 is 5.73 Å². The highest BCUT2D eigenvalue weighted by Crippen LogP contribution is 2.31. The van der Waals surface area contributed by atoms with Gasteiger partial charge < -0.3 is 25.8 Å². The Kier molecular flexibility index (Phi) is 3.01. The fourth-order valence-corrected chi connectivity index (χ4v) is 2.21. The van der Waals surface area contributed by atoms with Crippen molar-refractivity contribution in [1.82, 2.24) is 19.5 Å². The van der Waals surface area contributed by atoms with E-state index in [0.29, 0.717) is 0 Å². The van der Waals surface area contributed by atoms with Crippen LogP contribution in [-0.2, 0) is 4.74 Å². The van der Waals surface area contributed by atoms with E-state index in [9.17, 15) is 14.6 Å². The van der Waals surface area contributed by atoms with E-state index < -0.39 is 37.2 Å². The minimum atomic E-state index is -1.32. The molecular formula is C10H12FN5O4. The van der Waals surface area contributed by atoms with Crippen LogP contribution in [0.5, 0.6) is 0 Å². The summed E-state index contributed by atoms with van der Waals surface area (Å²) in [7, 11) is 0. The van der Waals surface area contributed by atoms with Crippen molar-refractivity contribution in [1.29, 1.82) is 0 Å². The minimum absolute atomic E-state index is 0.0323. The van der Waals surface area contributed by atoms with Crippen molar-refractivity contribution >= 4 is 17.0 Å². The lowest BCUT2D eigenvalue weighted by atomic mass is 10.1. The fourth-order valence-electron chi connectivity index (χ4n) is 2.21. The molecule has 2 aromatic heterocycles. The molecule has 0 saturated carbocycles. The first kappa shape index (κ1) is 13.1. The summed E-state index contributed by atoms with van der Waals surface area (Å²) < 4.78 is 19.8. The van der Waals surface area contributed by atoms with Gasteiger partial charge in [-0.2, -0.15) is 14.4 Å². The summed E-state index contributed by atoms with van der Waals surface area (Å²) in [6.07, 6.45) is -4.38. The van der Waals surface area contributed by atoms with Gasteiger partial charge in [-0.15, -0.1) is 0 Å². The van der Waals surface area contributed by atoms with E-state index in [0.717, 1.165) is 0 Å². The Morgan fingerprint density at radius 2 is 2.10 bits per heavy atom. The third kappa shape index (κ3) is 1.81. The fraction of sp³-hybridized carbons (Fsp3) is 0.500. The number of rotatable bonds is 2. The highest BCUT2D eigenvalue weighted by Gasteiger charge is 2.44. The van der Waals surface area contributed by atoms with Crippen molar-refractivity contribution in [2.24, 2.45) is 0 Å². The summed E-state index contributed by atoms with van der Waals surface area (Å²) >= 11 is 0. The summed E-state index contributed by atoms with van der Waals surface area (Å²) in [6.45, 7) is -0.465. The van der Waals surface area contributed by atoms with Crippen LogP contribution in [-0.4, -0.2) is 59.8 Å². The number of nitrogen functional groups attached to an aromatic ring is 1. The lowest BCUT2D eigenvalue weighted by Gasteiger charge is -2.16. The smallest absolute Gasteiger partial charge is 0.312 e. The molecule has 108 valence electrons. The molecule has 0 spiro atoms. The summed E-state index contributed by atoms with van der Waals surface area (Å²) in [5.74, 6) is -0.141. The molecule has 1 aliphatic heterocycles. The van der Waals surface area contributed by atoms with E-state index in [-0.39, 0.29) is 17.0 Å². The molecule has 4 atom stereocenters. The Balaban J connectivity index is 2.07. The van der Waals surface area contributed by atoms with Gasteiger partial charge >= 0.3 is 6.08 Å². The zero-order chi connectivity index (χ0) is 14.4. The van der Waals surface area contributed by atoms with Crippen molar-refractivity contribution in [3.63, 3.8) is 0 Å². The Morgan fingerprint density at radius 1 is 1.35 bits per heavy atom. The summed E-state index contributed by atoms with van der Waals surface area (Å²) in [4.78, 5) is 10.8. The normalized spacial score (nSPS) is 30.2. The van der Waals surface area contributed by atoms with Crippen LogP contribution in [0, 0.1) is 6.08 Å². The standard InChI is InChI=1S/C10H12FN5O4/c11-10-14-7(12)4-8(15-10)16(2-13-4)9-6(19)5(18)3(1-17)20-9/h2-3,5-6,9,17-19H,1H2,(H2,12,14,15)/t3-,5+,6+,9+/m1/s1. The van der Waals surface area contributed by atoms with E-state index in [1.807, 2.05) is 0 Å². The number of nitrogens with two attached hydrogens (primary N) is 1. The average Bonchev–Trinajstić information content (AvgIpc) is 2.93. The molecule has 1 aliphatic rings. The molecule has 1 saturated heterocycles. The van der Waals surface area contributed by atoms with E-state index >= 15 is 0 Å². The number of imidazole rings is 1. The maximum Gasteiger partial charge on any atom is 0.312 e. The molecule has 20 heavy (non-hydrogen) atoms. The van der Waals surface area contributed by atoms with Gasteiger partial charge in [0, 0.05) is 0 Å². The van der Waals surface area contributed by atoms with Crippen LogP contribution in [0.4, 0.5) is 10.2 Å². The highest BCUT2D eigenvalue weighted by molar-refractivity contribution is 5.81. The number of aliphatic hydroxyl groups excluding tert-OH is 3. The van der Waals surface area contributed by atoms with Crippen molar-refractivity contribution in [3.05, 3.63) is 12.4 Å². The molecule has 2 aromatic rings. The van der Waals surface area contributed by atoms with Crippen LogP contribution in [0.1, 0.15) is 6.23 Å². The van der Waals surface area contributed by atoms with Crippen LogP contribution in [0.3, 0.4) is 0 Å². The first-order valence-corrected chi connectivity index (χ1v) is 5.81. The lowest BCUT2D eigenvalue weighted by molar-refractivity contribution is -0.0511. The number of halogens is 1. The molecular weight excluding hydrogens is 273 g/mol. The molecule has 10 heteroatoms. The number of fused-ring (bicyclic) bond motifs is 1. The summed E-state index contributed by atoms with van der Waals surface area (Å²) in [5, 5.41) is 28.7. The predicted octanol–water partition coefficient (Wildman–Crippen LogP) is -1.84. The predicted molar refractivity (Wildman–Crippen MR) is 62.7 cm³/mol. The number of hydrogen-bond donors (Lipinski definition) is 4. The quantitative estimate of drug-likeness (QED) is 0.472. The van der Waals surface area contributed by atoms with E-state index in [2.05, 4.69) is 15.0 Å². The molecule has 1 fully saturated rings. The molecule has 0 bridgehead atoms. The zero-order valence-electron chi connectivity index (χ0n) is 10.1. The first-order chi connectivity index (χ1) is 9.52. The molecule has 0 aromatic carbocycles. The first-order valence-electron chi connectivity index (χ1n) is 5.81. The Bertz CT molecular complexity index is 650. The van der Waals surface area contributed by atoms with Crippen molar-refractivity contribution in [2.75, 3.05) is 12.3 Å². The molecule has 5 N–H and O–H groups in total. The van der Waals surface area contributed by atoms with Crippen LogP contribution >= 0.6 is 0 Å². The second kappa shape index (κ2) is 4.59. The van der Waals surface area contributed by atoms with Gasteiger partial charge in [0.05, 0.1) is 12.9 Å². The SMILES string of the molecule is Nc1nc(F)nc2c1ncn2[C@H]1O[C@H](CO)[C@H](O)[C@@H]1O. The van der Waals surface area contributed by atoms with Crippen LogP contribution in [0.2, 0.25) is 0 Å². The van der Waals surface area contributed by atoms with Crippen molar-refractivity contribution < 1.29 is 24.4 Å². The summed E-state index contributed by atoms with van der Waals surface area (Å²) in [6, 6.07) is 0. The molecule has 3 rings (SSSR count). The third-order valence-electron chi connectivity index (χ3n) is 3.21. The highest BCUT2D eigenvalue weighted by atomic mass is 19.1. The Labute approximate surface area is 111 Å².